The van der Waals surface area contributed by atoms with E-state index in [1.54, 1.807) is 7.11 Å². The van der Waals surface area contributed by atoms with Crippen LogP contribution in [-0.2, 0) is 19.0 Å². The van der Waals surface area contributed by atoms with Crippen molar-refractivity contribution in [1.82, 2.24) is 0 Å². The Labute approximate surface area is 143 Å². The van der Waals surface area contributed by atoms with Crippen molar-refractivity contribution in [2.45, 2.75) is 56.8 Å². The molecule has 1 fully saturated rings. The van der Waals surface area contributed by atoms with Crippen LogP contribution in [0.3, 0.4) is 0 Å². The highest BCUT2D eigenvalue weighted by Crippen LogP contribution is 2.39. The lowest BCUT2D eigenvalue weighted by Gasteiger charge is -2.35. The molecule has 0 spiro atoms. The highest BCUT2D eigenvalue weighted by atomic mass is 35.5. The molecule has 2 atom stereocenters. The summed E-state index contributed by atoms with van der Waals surface area (Å²) in [5, 5.41) is 0.725. The third-order valence-electron chi connectivity index (χ3n) is 4.65. The number of carbonyl (C=O) groups excluding carboxylic acids is 1. The van der Waals surface area contributed by atoms with Crippen molar-refractivity contribution in [2.75, 3.05) is 13.7 Å². The molecule has 5 heteroatoms. The molecular formula is C18H25ClO4. The minimum Gasteiger partial charge on any atom is -0.468 e. The molecule has 1 aliphatic carbocycles. The van der Waals surface area contributed by atoms with Crippen molar-refractivity contribution in [3.05, 3.63) is 34.9 Å². The number of halogens is 1. The minimum atomic E-state index is -0.526. The lowest BCUT2D eigenvalue weighted by atomic mass is 9.93. The van der Waals surface area contributed by atoms with Gasteiger partial charge in [-0.15, -0.1) is 0 Å². The van der Waals surface area contributed by atoms with Gasteiger partial charge in [0.2, 0.25) is 0 Å². The number of ether oxygens (including phenoxy) is 3. The normalized spacial score (nSPS) is 19.3. The van der Waals surface area contributed by atoms with Crippen LogP contribution >= 0.6 is 11.6 Å². The van der Waals surface area contributed by atoms with Gasteiger partial charge in [-0.2, -0.15) is 0 Å². The van der Waals surface area contributed by atoms with Gasteiger partial charge in [-0.25, -0.2) is 0 Å². The van der Waals surface area contributed by atoms with Crippen molar-refractivity contribution >= 4 is 18.1 Å². The lowest BCUT2D eigenvalue weighted by molar-refractivity contribution is -0.247. The van der Waals surface area contributed by atoms with Gasteiger partial charge >= 0.3 is 0 Å². The van der Waals surface area contributed by atoms with Crippen LogP contribution in [0.15, 0.2) is 24.3 Å². The molecule has 4 nitrogen and oxygen atoms in total. The third-order valence-corrected chi connectivity index (χ3v) is 4.99. The van der Waals surface area contributed by atoms with Crippen molar-refractivity contribution in [1.29, 1.82) is 0 Å². The van der Waals surface area contributed by atoms with Gasteiger partial charge in [0, 0.05) is 37.3 Å². The molecule has 0 amide bonds. The average Bonchev–Trinajstić information content (AvgIpc) is 3.03. The molecule has 2 rings (SSSR count). The Hall–Kier alpha value is -1.10. The van der Waals surface area contributed by atoms with E-state index < -0.39 is 5.79 Å². The first-order chi connectivity index (χ1) is 11.1. The van der Waals surface area contributed by atoms with E-state index in [0.29, 0.717) is 19.5 Å². The number of methoxy groups -OCH3 is 1. The van der Waals surface area contributed by atoms with Gasteiger partial charge in [-0.3, -0.25) is 4.79 Å². The summed E-state index contributed by atoms with van der Waals surface area (Å²) in [7, 11) is 1.70. The summed E-state index contributed by atoms with van der Waals surface area (Å²) >= 11 is 6.34. The van der Waals surface area contributed by atoms with Gasteiger partial charge in [0.15, 0.2) is 5.79 Å². The van der Waals surface area contributed by atoms with E-state index in [0.717, 1.165) is 36.3 Å². The number of rotatable bonds is 9. The lowest BCUT2D eigenvalue weighted by Crippen LogP contribution is -2.38. The van der Waals surface area contributed by atoms with Gasteiger partial charge in [0.05, 0.1) is 12.7 Å². The van der Waals surface area contributed by atoms with Crippen LogP contribution < -0.4 is 0 Å². The number of benzene rings is 1. The molecule has 0 radical (unpaired) electrons. The fourth-order valence-corrected chi connectivity index (χ4v) is 3.56. The molecule has 0 N–H and O–H groups in total. The Kier molecular flexibility index (Phi) is 6.88. The quantitative estimate of drug-likeness (QED) is 0.382. The maximum Gasteiger partial charge on any atom is 0.293 e. The highest BCUT2D eigenvalue weighted by Gasteiger charge is 2.39. The molecular weight excluding hydrogens is 316 g/mol. The van der Waals surface area contributed by atoms with E-state index in [4.69, 9.17) is 25.8 Å². The summed E-state index contributed by atoms with van der Waals surface area (Å²) < 4.78 is 17.0. The predicted molar refractivity (Wildman–Crippen MR) is 89.6 cm³/mol. The molecule has 0 unspecified atom stereocenters. The predicted octanol–water partition coefficient (Wildman–Crippen LogP) is 4.31. The molecule has 0 aliphatic heterocycles. The second-order valence-electron chi connectivity index (χ2n) is 6.04. The summed E-state index contributed by atoms with van der Waals surface area (Å²) in [5.74, 6) is -0.451. The Bertz CT molecular complexity index is 500. The van der Waals surface area contributed by atoms with E-state index >= 15 is 0 Å². The Morgan fingerprint density at radius 1 is 1.30 bits per heavy atom. The van der Waals surface area contributed by atoms with E-state index in [1.165, 1.54) is 0 Å². The zero-order chi connectivity index (χ0) is 16.7. The van der Waals surface area contributed by atoms with Crippen LogP contribution in [0.2, 0.25) is 5.02 Å². The van der Waals surface area contributed by atoms with E-state index in [-0.39, 0.29) is 12.0 Å². The molecule has 128 valence electrons. The van der Waals surface area contributed by atoms with E-state index in [2.05, 4.69) is 6.92 Å². The van der Waals surface area contributed by atoms with Crippen molar-refractivity contribution in [3.63, 3.8) is 0 Å². The summed E-state index contributed by atoms with van der Waals surface area (Å²) in [5.41, 5.74) is 1.04. The van der Waals surface area contributed by atoms with Crippen LogP contribution in [0.1, 0.15) is 50.5 Å². The third kappa shape index (κ3) is 4.69. The fraction of sp³-hybridized carbons (Fsp3) is 0.611. The summed E-state index contributed by atoms with van der Waals surface area (Å²) in [4.78, 5) is 10.4. The van der Waals surface area contributed by atoms with Crippen LogP contribution in [0.4, 0.5) is 0 Å². The maximum absolute atomic E-state index is 10.4. The summed E-state index contributed by atoms with van der Waals surface area (Å²) in [6, 6.07) is 7.78. The number of hydrogen-bond acceptors (Lipinski definition) is 4. The van der Waals surface area contributed by atoms with Gasteiger partial charge in [0.25, 0.3) is 6.47 Å². The largest absolute Gasteiger partial charge is 0.468 e. The molecule has 1 aromatic rings. The standard InChI is InChI=1S/C18H25ClO4/c1-14(15-7-3-4-8-16(15)19)17(9-12-22-13-20)23-18(21-2)10-5-6-11-18/h3-4,7-8,13-14,17H,5-6,9-12H2,1-2H3/t14-,17-/m0/s1. The van der Waals surface area contributed by atoms with Gasteiger partial charge < -0.3 is 14.2 Å². The van der Waals surface area contributed by atoms with Gasteiger partial charge in [-0.1, -0.05) is 36.7 Å². The fourth-order valence-electron chi connectivity index (χ4n) is 3.25. The van der Waals surface area contributed by atoms with Crippen LogP contribution in [0.25, 0.3) is 0 Å². The first-order valence-electron chi connectivity index (χ1n) is 8.14. The Morgan fingerprint density at radius 3 is 2.61 bits per heavy atom. The van der Waals surface area contributed by atoms with Gasteiger partial charge in [0.1, 0.15) is 0 Å². The maximum atomic E-state index is 10.4. The van der Waals surface area contributed by atoms with Gasteiger partial charge in [-0.05, 0) is 24.5 Å². The number of hydrogen-bond donors (Lipinski definition) is 0. The molecule has 0 saturated heterocycles. The second-order valence-corrected chi connectivity index (χ2v) is 6.45. The van der Waals surface area contributed by atoms with Crippen molar-refractivity contribution in [3.8, 4) is 0 Å². The summed E-state index contributed by atoms with van der Waals surface area (Å²) in [6.45, 7) is 2.88. The second kappa shape index (κ2) is 8.67. The monoisotopic (exact) mass is 340 g/mol. The van der Waals surface area contributed by atoms with E-state index in [1.807, 2.05) is 24.3 Å². The van der Waals surface area contributed by atoms with Crippen molar-refractivity contribution in [2.24, 2.45) is 0 Å². The SMILES string of the molecule is COC1(O[C@@H](CCOC=O)[C@@H](C)c2ccccc2Cl)CCCC1. The van der Waals surface area contributed by atoms with Crippen molar-refractivity contribution < 1.29 is 19.0 Å². The van der Waals surface area contributed by atoms with Crippen LogP contribution in [0.5, 0.6) is 0 Å². The zero-order valence-corrected chi connectivity index (χ0v) is 14.6. The van der Waals surface area contributed by atoms with Crippen LogP contribution in [-0.4, -0.2) is 32.1 Å². The number of carbonyl (C=O) groups is 1. The van der Waals surface area contributed by atoms with Crippen LogP contribution in [0, 0.1) is 0 Å². The molecule has 0 heterocycles. The smallest absolute Gasteiger partial charge is 0.293 e. The topological polar surface area (TPSA) is 44.8 Å². The zero-order valence-electron chi connectivity index (χ0n) is 13.8. The average molecular weight is 341 g/mol. The molecule has 1 aliphatic rings. The molecule has 1 aromatic carbocycles. The summed E-state index contributed by atoms with van der Waals surface area (Å²) in [6.07, 6.45) is 4.47. The minimum absolute atomic E-state index is 0.0755. The Balaban J connectivity index is 2.15. The highest BCUT2D eigenvalue weighted by molar-refractivity contribution is 6.31. The Morgan fingerprint density at radius 2 is 2.00 bits per heavy atom. The first-order valence-corrected chi connectivity index (χ1v) is 8.52. The van der Waals surface area contributed by atoms with E-state index in [9.17, 15) is 4.79 Å². The molecule has 1 saturated carbocycles. The molecule has 0 bridgehead atoms. The first kappa shape index (κ1) is 18.2. The molecule has 0 aromatic heterocycles. The molecule has 23 heavy (non-hydrogen) atoms.